The molecule has 1 aromatic rings. The van der Waals surface area contributed by atoms with Gasteiger partial charge in [0.25, 0.3) is 5.69 Å². The van der Waals surface area contributed by atoms with Crippen molar-refractivity contribution in [3.63, 3.8) is 0 Å². The predicted molar refractivity (Wildman–Crippen MR) is 67.8 cm³/mol. The lowest BCUT2D eigenvalue weighted by atomic mass is 10.1. The van der Waals surface area contributed by atoms with Crippen LogP contribution in [-0.4, -0.2) is 22.0 Å². The summed E-state index contributed by atoms with van der Waals surface area (Å²) in [7, 11) is 0. The average molecular weight is 252 g/mol. The molecule has 1 unspecified atom stereocenters. The van der Waals surface area contributed by atoms with Gasteiger partial charge in [0, 0.05) is 17.8 Å². The Hall–Kier alpha value is -2.11. The first-order valence-corrected chi connectivity index (χ1v) is 5.70. The van der Waals surface area contributed by atoms with Gasteiger partial charge in [0.2, 0.25) is 0 Å². The second-order valence-corrected chi connectivity index (χ2v) is 4.08. The van der Waals surface area contributed by atoms with Crippen molar-refractivity contribution in [2.24, 2.45) is 0 Å². The molecule has 18 heavy (non-hydrogen) atoms. The molecule has 2 N–H and O–H groups in total. The van der Waals surface area contributed by atoms with Crippen LogP contribution in [0.15, 0.2) is 18.2 Å². The normalized spacial score (nSPS) is 11.9. The predicted octanol–water partition coefficient (Wildman–Crippen LogP) is 2.57. The Morgan fingerprint density at radius 1 is 1.56 bits per heavy atom. The maximum absolute atomic E-state index is 11.0. The third kappa shape index (κ3) is 3.44. The highest BCUT2D eigenvalue weighted by molar-refractivity contribution is 5.78. The van der Waals surface area contributed by atoms with Crippen LogP contribution in [0.4, 0.5) is 11.4 Å². The zero-order chi connectivity index (χ0) is 13.7. The molecule has 0 amide bonds. The van der Waals surface area contributed by atoms with Gasteiger partial charge in [0.05, 0.1) is 4.92 Å². The third-order valence-electron chi connectivity index (χ3n) is 2.64. The molecule has 0 radical (unpaired) electrons. The van der Waals surface area contributed by atoms with Gasteiger partial charge in [-0.05, 0) is 18.9 Å². The Bertz CT molecular complexity index is 459. The van der Waals surface area contributed by atoms with E-state index in [9.17, 15) is 14.9 Å². The van der Waals surface area contributed by atoms with Crippen LogP contribution in [0.1, 0.15) is 25.3 Å². The van der Waals surface area contributed by atoms with E-state index in [1.807, 2.05) is 6.92 Å². The van der Waals surface area contributed by atoms with Crippen molar-refractivity contribution in [1.82, 2.24) is 0 Å². The van der Waals surface area contributed by atoms with Gasteiger partial charge < -0.3 is 10.4 Å². The van der Waals surface area contributed by atoms with Crippen LogP contribution >= 0.6 is 0 Å². The van der Waals surface area contributed by atoms with Gasteiger partial charge in [-0.1, -0.05) is 19.4 Å². The molecule has 0 aliphatic rings. The monoisotopic (exact) mass is 252 g/mol. The quantitative estimate of drug-likeness (QED) is 0.599. The molecule has 1 rings (SSSR count). The summed E-state index contributed by atoms with van der Waals surface area (Å²) in [5.74, 6) is -0.956. The molecule has 1 aromatic carbocycles. The highest BCUT2D eigenvalue weighted by atomic mass is 16.6. The van der Waals surface area contributed by atoms with E-state index in [1.165, 1.54) is 12.1 Å². The number of carbonyl (C=O) groups is 1. The molecule has 0 aliphatic heterocycles. The number of carboxylic acids is 1. The van der Waals surface area contributed by atoms with Crippen molar-refractivity contribution in [3.05, 3.63) is 33.9 Å². The molecule has 0 heterocycles. The maximum Gasteiger partial charge on any atom is 0.326 e. The van der Waals surface area contributed by atoms with Crippen molar-refractivity contribution in [2.45, 2.75) is 32.7 Å². The number of non-ortho nitro benzene ring substituents is 1. The van der Waals surface area contributed by atoms with Crippen LogP contribution in [0.25, 0.3) is 0 Å². The fourth-order valence-corrected chi connectivity index (χ4v) is 1.61. The largest absolute Gasteiger partial charge is 0.480 e. The smallest absolute Gasteiger partial charge is 0.326 e. The lowest BCUT2D eigenvalue weighted by Crippen LogP contribution is -2.29. The van der Waals surface area contributed by atoms with Crippen LogP contribution < -0.4 is 5.32 Å². The van der Waals surface area contributed by atoms with Crippen molar-refractivity contribution in [2.75, 3.05) is 5.32 Å². The van der Waals surface area contributed by atoms with Gasteiger partial charge in [-0.25, -0.2) is 4.79 Å². The molecular formula is C12H16N2O4. The van der Waals surface area contributed by atoms with E-state index >= 15 is 0 Å². The number of anilines is 1. The topological polar surface area (TPSA) is 92.5 Å². The number of benzene rings is 1. The number of nitro groups is 1. The van der Waals surface area contributed by atoms with Crippen LogP contribution in [0.5, 0.6) is 0 Å². The second kappa shape index (κ2) is 6.00. The fourth-order valence-electron chi connectivity index (χ4n) is 1.61. The number of carboxylic acid groups (broad SMARTS) is 1. The van der Waals surface area contributed by atoms with Crippen molar-refractivity contribution in [3.8, 4) is 0 Å². The number of nitrogens with zero attached hydrogens (tertiary/aromatic N) is 1. The summed E-state index contributed by atoms with van der Waals surface area (Å²) in [5, 5.41) is 22.5. The standard InChI is InChI=1S/C12H16N2O4/c1-3-4-10(12(15)16)13-11-7-9(14(17)18)6-5-8(11)2/h5-7,10,13H,3-4H2,1-2H3,(H,15,16). The highest BCUT2D eigenvalue weighted by Crippen LogP contribution is 2.23. The number of hydrogen-bond acceptors (Lipinski definition) is 4. The zero-order valence-electron chi connectivity index (χ0n) is 10.3. The molecule has 0 aromatic heterocycles. The second-order valence-electron chi connectivity index (χ2n) is 4.08. The fraction of sp³-hybridized carbons (Fsp3) is 0.417. The van der Waals surface area contributed by atoms with E-state index < -0.39 is 16.9 Å². The van der Waals surface area contributed by atoms with E-state index in [-0.39, 0.29) is 5.69 Å². The molecule has 0 saturated carbocycles. The van der Waals surface area contributed by atoms with E-state index in [1.54, 1.807) is 13.0 Å². The van der Waals surface area contributed by atoms with Crippen molar-refractivity contribution < 1.29 is 14.8 Å². The minimum atomic E-state index is -0.956. The summed E-state index contributed by atoms with van der Waals surface area (Å²) in [4.78, 5) is 21.2. The summed E-state index contributed by atoms with van der Waals surface area (Å²) < 4.78 is 0. The van der Waals surface area contributed by atoms with Crippen molar-refractivity contribution >= 4 is 17.3 Å². The Kier molecular flexibility index (Phi) is 4.65. The number of nitro benzene ring substituents is 1. The van der Waals surface area contributed by atoms with E-state index in [4.69, 9.17) is 5.11 Å². The summed E-state index contributed by atoms with van der Waals surface area (Å²) in [6, 6.07) is 3.64. The Labute approximate surface area is 105 Å². The lowest BCUT2D eigenvalue weighted by Gasteiger charge is -2.16. The number of hydrogen-bond donors (Lipinski definition) is 2. The summed E-state index contributed by atoms with van der Waals surface area (Å²) >= 11 is 0. The summed E-state index contributed by atoms with van der Waals surface area (Å²) in [6.07, 6.45) is 1.19. The van der Waals surface area contributed by atoms with Gasteiger partial charge in [0.1, 0.15) is 6.04 Å². The first-order chi connectivity index (χ1) is 8.45. The third-order valence-corrected chi connectivity index (χ3v) is 2.64. The lowest BCUT2D eigenvalue weighted by molar-refractivity contribution is -0.384. The maximum atomic E-state index is 11.0. The summed E-state index contributed by atoms with van der Waals surface area (Å²) in [6.45, 7) is 3.66. The number of nitrogens with one attached hydrogen (secondary N) is 1. The molecule has 0 fully saturated rings. The zero-order valence-corrected chi connectivity index (χ0v) is 10.3. The molecule has 0 spiro atoms. The van der Waals surface area contributed by atoms with Gasteiger partial charge in [-0.2, -0.15) is 0 Å². The SMILES string of the molecule is CCCC(Nc1cc([N+](=O)[O-])ccc1C)C(=O)O. The molecule has 6 heteroatoms. The minimum absolute atomic E-state index is 0.0521. The first-order valence-electron chi connectivity index (χ1n) is 5.70. The van der Waals surface area contributed by atoms with Gasteiger partial charge in [-0.15, -0.1) is 0 Å². The van der Waals surface area contributed by atoms with E-state index in [2.05, 4.69) is 5.32 Å². The van der Waals surface area contributed by atoms with Gasteiger partial charge in [0.15, 0.2) is 0 Å². The Morgan fingerprint density at radius 3 is 2.72 bits per heavy atom. The Balaban J connectivity index is 2.97. The molecule has 0 aliphatic carbocycles. The average Bonchev–Trinajstić information content (AvgIpc) is 2.30. The number of aryl methyl sites for hydroxylation is 1. The van der Waals surface area contributed by atoms with Crippen molar-refractivity contribution in [1.29, 1.82) is 0 Å². The van der Waals surface area contributed by atoms with Crippen LogP contribution in [0.3, 0.4) is 0 Å². The molecule has 98 valence electrons. The summed E-state index contributed by atoms with van der Waals surface area (Å²) in [5.41, 5.74) is 1.22. The first kappa shape index (κ1) is 14.0. The van der Waals surface area contributed by atoms with Crippen LogP contribution in [0.2, 0.25) is 0 Å². The van der Waals surface area contributed by atoms with E-state index in [0.717, 1.165) is 12.0 Å². The number of rotatable bonds is 6. The molecular weight excluding hydrogens is 236 g/mol. The van der Waals surface area contributed by atoms with Gasteiger partial charge >= 0.3 is 5.97 Å². The van der Waals surface area contributed by atoms with Crippen LogP contribution in [0, 0.1) is 17.0 Å². The highest BCUT2D eigenvalue weighted by Gasteiger charge is 2.18. The molecule has 1 atom stereocenters. The van der Waals surface area contributed by atoms with E-state index in [0.29, 0.717) is 12.1 Å². The number of aliphatic carboxylic acids is 1. The Morgan fingerprint density at radius 2 is 2.22 bits per heavy atom. The molecule has 0 saturated heterocycles. The molecule has 0 bridgehead atoms. The minimum Gasteiger partial charge on any atom is -0.480 e. The van der Waals surface area contributed by atoms with Gasteiger partial charge in [-0.3, -0.25) is 10.1 Å². The molecule has 6 nitrogen and oxygen atoms in total. The van der Waals surface area contributed by atoms with Crippen LogP contribution in [-0.2, 0) is 4.79 Å².